The minimum absolute atomic E-state index is 0.0190. The molecule has 0 radical (unpaired) electrons. The molecule has 178 valence electrons. The third-order valence-electron chi connectivity index (χ3n) is 5.52. The van der Waals surface area contributed by atoms with E-state index in [1.54, 1.807) is 12.3 Å². The number of fused-ring (bicyclic) bond motifs is 1. The fraction of sp³-hybridized carbons (Fsp3) is 0.292. The molecule has 0 unspecified atom stereocenters. The summed E-state index contributed by atoms with van der Waals surface area (Å²) < 4.78 is 33.8. The maximum absolute atomic E-state index is 12.7. The van der Waals surface area contributed by atoms with E-state index >= 15 is 0 Å². The Morgan fingerprint density at radius 2 is 1.97 bits per heavy atom. The van der Waals surface area contributed by atoms with Crippen LogP contribution in [0.4, 0.5) is 0 Å². The second-order valence-corrected chi connectivity index (χ2v) is 10.4. The van der Waals surface area contributed by atoms with Crippen molar-refractivity contribution in [3.05, 3.63) is 70.3 Å². The first kappa shape index (κ1) is 24.0. The number of aromatic nitrogens is 3. The van der Waals surface area contributed by atoms with Crippen LogP contribution in [0.3, 0.4) is 0 Å². The number of benzene rings is 1. The average molecular weight is 501 g/mol. The van der Waals surface area contributed by atoms with Crippen molar-refractivity contribution in [2.45, 2.75) is 40.2 Å². The van der Waals surface area contributed by atoms with E-state index in [1.165, 1.54) is 0 Å². The molecule has 3 heterocycles. The number of amides is 1. The molecule has 10 heteroatoms. The third-order valence-corrected chi connectivity index (χ3v) is 7.19. The van der Waals surface area contributed by atoms with Gasteiger partial charge in [-0.2, -0.15) is 0 Å². The van der Waals surface area contributed by atoms with Gasteiger partial charge in [-0.25, -0.2) is 23.1 Å². The molecule has 0 aliphatic carbocycles. The van der Waals surface area contributed by atoms with Gasteiger partial charge in [-0.1, -0.05) is 37.1 Å². The summed E-state index contributed by atoms with van der Waals surface area (Å²) in [5, 5.41) is 0.558. The Hall–Kier alpha value is -3.17. The molecule has 4 aromatic rings. The van der Waals surface area contributed by atoms with Crippen molar-refractivity contribution in [3.63, 3.8) is 0 Å². The van der Waals surface area contributed by atoms with Crippen LogP contribution < -0.4 is 4.72 Å². The van der Waals surface area contributed by atoms with Gasteiger partial charge in [0.25, 0.3) is 5.91 Å². The molecule has 0 saturated heterocycles. The van der Waals surface area contributed by atoms with Gasteiger partial charge in [-0.15, -0.1) is 0 Å². The summed E-state index contributed by atoms with van der Waals surface area (Å²) in [6.45, 7) is 5.93. The molecule has 0 aliphatic heterocycles. The molecule has 0 aliphatic rings. The number of nitrogens with one attached hydrogen (secondary N) is 1. The lowest BCUT2D eigenvalue weighted by molar-refractivity contribution is 0.0976. The largest absolute Gasteiger partial charge is 0.464 e. The first-order valence-electron chi connectivity index (χ1n) is 10.9. The summed E-state index contributed by atoms with van der Waals surface area (Å²) in [5.74, 6) is 0.553. The molecule has 0 bridgehead atoms. The Bertz CT molecular complexity index is 1460. The van der Waals surface area contributed by atoms with E-state index < -0.39 is 15.9 Å². The number of rotatable bonds is 8. The highest BCUT2D eigenvalue weighted by Gasteiger charge is 2.20. The van der Waals surface area contributed by atoms with E-state index in [-0.39, 0.29) is 11.4 Å². The lowest BCUT2D eigenvalue weighted by atomic mass is 10.1. The number of carbonyl (C=O) groups is 1. The number of furan rings is 1. The molecule has 0 atom stereocenters. The minimum atomic E-state index is -3.73. The van der Waals surface area contributed by atoms with Crippen molar-refractivity contribution in [1.29, 1.82) is 0 Å². The number of nitrogens with zero attached hydrogens (tertiary/aromatic N) is 3. The number of pyridine rings is 1. The van der Waals surface area contributed by atoms with Crippen LogP contribution in [-0.4, -0.2) is 34.6 Å². The predicted octanol–water partition coefficient (Wildman–Crippen LogP) is 4.87. The number of carbonyl (C=O) groups excluding carboxylic acids is 1. The number of imidazole rings is 1. The zero-order chi connectivity index (χ0) is 24.5. The Labute approximate surface area is 203 Å². The minimum Gasteiger partial charge on any atom is -0.464 e. The van der Waals surface area contributed by atoms with Gasteiger partial charge >= 0.3 is 0 Å². The van der Waals surface area contributed by atoms with Gasteiger partial charge in [0.15, 0.2) is 5.65 Å². The molecule has 0 spiro atoms. The number of unbranched alkanes of at least 4 members (excludes halogenated alkanes) is 1. The zero-order valence-corrected chi connectivity index (χ0v) is 20.7. The van der Waals surface area contributed by atoms with E-state index in [4.69, 9.17) is 16.0 Å². The summed E-state index contributed by atoms with van der Waals surface area (Å²) >= 11 is 6.57. The molecule has 0 saturated carbocycles. The Balaban J connectivity index is 1.67. The van der Waals surface area contributed by atoms with Crippen LogP contribution in [0.1, 0.15) is 47.2 Å². The summed E-state index contributed by atoms with van der Waals surface area (Å²) in [7, 11) is -3.73. The first-order valence-corrected chi connectivity index (χ1v) is 12.9. The van der Waals surface area contributed by atoms with Crippen molar-refractivity contribution in [2.24, 2.45) is 0 Å². The number of hydrogen-bond acceptors (Lipinski definition) is 6. The van der Waals surface area contributed by atoms with Crippen molar-refractivity contribution in [2.75, 3.05) is 5.75 Å². The summed E-state index contributed by atoms with van der Waals surface area (Å²) in [4.78, 5) is 21.8. The van der Waals surface area contributed by atoms with Crippen LogP contribution in [0, 0.1) is 13.8 Å². The molecule has 3 aromatic heterocycles. The smallest absolute Gasteiger partial charge is 0.283 e. The molecular formula is C24H25ClN4O4S. The number of hydrogen-bond donors (Lipinski definition) is 1. The highest BCUT2D eigenvalue weighted by molar-refractivity contribution is 7.90. The molecule has 1 aromatic carbocycles. The lowest BCUT2D eigenvalue weighted by Gasteiger charge is -2.11. The Kier molecular flexibility index (Phi) is 6.77. The number of halogens is 1. The first-order chi connectivity index (χ1) is 16.2. The monoisotopic (exact) mass is 500 g/mol. The molecule has 4 rings (SSSR count). The SMILES string of the molecule is CCCCS(=O)(=O)NC(=O)c1cc(C)c2nc(C)n(Cc3ccc(-c4ccco4)cc3Cl)c2n1. The van der Waals surface area contributed by atoms with Gasteiger partial charge in [0.2, 0.25) is 10.0 Å². The van der Waals surface area contributed by atoms with Gasteiger partial charge in [-0.05, 0) is 55.7 Å². The van der Waals surface area contributed by atoms with Crippen LogP contribution in [0.2, 0.25) is 5.02 Å². The van der Waals surface area contributed by atoms with Gasteiger partial charge in [0.1, 0.15) is 22.8 Å². The Morgan fingerprint density at radius 3 is 2.65 bits per heavy atom. The standard InChI is InChI=1S/C24H25ClN4O4S/c1-4-5-11-34(31,32)28-24(30)20-12-15(2)22-23(27-20)29(16(3)26-22)14-18-9-8-17(13-19(18)25)21-7-6-10-33-21/h6-10,12-13H,4-5,11,14H2,1-3H3,(H,28,30). The molecular weight excluding hydrogens is 476 g/mol. The van der Waals surface area contributed by atoms with Crippen molar-refractivity contribution in [3.8, 4) is 11.3 Å². The van der Waals surface area contributed by atoms with Crippen LogP contribution in [-0.2, 0) is 16.6 Å². The molecule has 0 fully saturated rings. The average Bonchev–Trinajstić information content (AvgIpc) is 3.42. The normalized spacial score (nSPS) is 11.8. The van der Waals surface area contributed by atoms with E-state index in [9.17, 15) is 13.2 Å². The molecule has 1 N–H and O–H groups in total. The van der Waals surface area contributed by atoms with Crippen LogP contribution in [0.5, 0.6) is 0 Å². The third kappa shape index (κ3) is 5.00. The number of sulfonamides is 1. The Morgan fingerprint density at radius 1 is 1.18 bits per heavy atom. The molecule has 34 heavy (non-hydrogen) atoms. The highest BCUT2D eigenvalue weighted by atomic mass is 35.5. The molecule has 8 nitrogen and oxygen atoms in total. The van der Waals surface area contributed by atoms with E-state index in [1.807, 2.05) is 55.7 Å². The fourth-order valence-corrected chi connectivity index (χ4v) is 5.08. The highest BCUT2D eigenvalue weighted by Crippen LogP contribution is 2.28. The van der Waals surface area contributed by atoms with Crippen LogP contribution in [0.15, 0.2) is 47.1 Å². The summed E-state index contributed by atoms with van der Waals surface area (Å²) in [5.41, 5.74) is 3.58. The van der Waals surface area contributed by atoms with Crippen LogP contribution in [0.25, 0.3) is 22.5 Å². The van der Waals surface area contributed by atoms with Crippen LogP contribution >= 0.6 is 11.6 Å². The zero-order valence-electron chi connectivity index (χ0n) is 19.1. The van der Waals surface area contributed by atoms with E-state index in [2.05, 4.69) is 14.7 Å². The fourth-order valence-electron chi connectivity index (χ4n) is 3.68. The predicted molar refractivity (Wildman–Crippen MR) is 131 cm³/mol. The van der Waals surface area contributed by atoms with Gasteiger partial charge in [-0.3, -0.25) is 4.79 Å². The second-order valence-electron chi connectivity index (χ2n) is 8.13. The maximum Gasteiger partial charge on any atom is 0.283 e. The van der Waals surface area contributed by atoms with Crippen molar-refractivity contribution >= 4 is 38.7 Å². The van der Waals surface area contributed by atoms with Crippen molar-refractivity contribution in [1.82, 2.24) is 19.3 Å². The van der Waals surface area contributed by atoms with Gasteiger partial charge in [0.05, 0.1) is 18.6 Å². The lowest BCUT2D eigenvalue weighted by Crippen LogP contribution is -2.33. The van der Waals surface area contributed by atoms with Gasteiger partial charge in [0, 0.05) is 10.6 Å². The van der Waals surface area contributed by atoms with E-state index in [0.717, 1.165) is 22.5 Å². The second kappa shape index (κ2) is 9.60. The number of aryl methyl sites for hydroxylation is 2. The maximum atomic E-state index is 12.7. The summed E-state index contributed by atoms with van der Waals surface area (Å²) in [6, 6.07) is 10.9. The topological polar surface area (TPSA) is 107 Å². The quantitative estimate of drug-likeness (QED) is 0.370. The summed E-state index contributed by atoms with van der Waals surface area (Å²) in [6.07, 6.45) is 2.79. The molecule has 1 amide bonds. The van der Waals surface area contributed by atoms with E-state index in [0.29, 0.717) is 41.4 Å². The van der Waals surface area contributed by atoms with Gasteiger partial charge < -0.3 is 8.98 Å². The van der Waals surface area contributed by atoms with Crippen molar-refractivity contribution < 1.29 is 17.6 Å².